The van der Waals surface area contributed by atoms with Crippen molar-refractivity contribution < 1.29 is 0 Å². The van der Waals surface area contributed by atoms with Crippen LogP contribution in [-0.2, 0) is 6.54 Å². The lowest BCUT2D eigenvalue weighted by atomic mass is 9.92. The zero-order valence-electron chi connectivity index (χ0n) is 11.4. The van der Waals surface area contributed by atoms with Gasteiger partial charge in [0.1, 0.15) is 0 Å². The molecule has 0 radical (unpaired) electrons. The lowest BCUT2D eigenvalue weighted by molar-refractivity contribution is 0.0706. The molecular weight excluding hydrogens is 277 g/mol. The molecule has 2 atom stereocenters. The maximum Gasteiger partial charge on any atom is 0.0239 e. The van der Waals surface area contributed by atoms with Gasteiger partial charge in [-0.25, -0.2) is 0 Å². The van der Waals surface area contributed by atoms with Gasteiger partial charge < -0.3 is 0 Å². The third-order valence-corrected chi connectivity index (χ3v) is 4.54. The van der Waals surface area contributed by atoms with Gasteiger partial charge in [0, 0.05) is 30.4 Å². The molecule has 1 fully saturated rings. The first kappa shape index (κ1) is 15.2. The average Bonchev–Trinajstić information content (AvgIpc) is 2.44. The van der Waals surface area contributed by atoms with E-state index < -0.39 is 0 Å². The van der Waals surface area contributed by atoms with E-state index in [0.29, 0.717) is 12.1 Å². The molecule has 1 heterocycles. The van der Waals surface area contributed by atoms with Gasteiger partial charge in [-0.15, -0.1) is 23.2 Å². The van der Waals surface area contributed by atoms with Crippen molar-refractivity contribution in [2.45, 2.75) is 50.7 Å². The molecule has 0 aliphatic carbocycles. The monoisotopic (exact) mass is 299 g/mol. The van der Waals surface area contributed by atoms with Crippen LogP contribution in [-0.4, -0.2) is 28.7 Å². The first-order valence-electron chi connectivity index (χ1n) is 7.26. The van der Waals surface area contributed by atoms with Gasteiger partial charge in [-0.05, 0) is 31.2 Å². The van der Waals surface area contributed by atoms with E-state index in [1.165, 1.54) is 24.8 Å². The van der Waals surface area contributed by atoms with Crippen molar-refractivity contribution >= 4 is 23.2 Å². The maximum atomic E-state index is 5.98. The second-order valence-electron chi connectivity index (χ2n) is 5.35. The molecule has 19 heavy (non-hydrogen) atoms. The van der Waals surface area contributed by atoms with Crippen LogP contribution in [0.2, 0.25) is 0 Å². The molecule has 1 aromatic rings. The largest absolute Gasteiger partial charge is 0.293 e. The number of nitrogens with zero attached hydrogens (tertiary/aromatic N) is 1. The van der Waals surface area contributed by atoms with Gasteiger partial charge in [0.05, 0.1) is 0 Å². The summed E-state index contributed by atoms with van der Waals surface area (Å²) in [7, 11) is 0. The summed E-state index contributed by atoms with van der Waals surface area (Å²) in [5.74, 6) is 1.51. The van der Waals surface area contributed by atoms with E-state index >= 15 is 0 Å². The van der Waals surface area contributed by atoms with Gasteiger partial charge in [-0.3, -0.25) is 4.90 Å². The van der Waals surface area contributed by atoms with E-state index in [2.05, 4.69) is 35.2 Å². The lowest BCUT2D eigenvalue weighted by Gasteiger charge is -2.42. The third kappa shape index (κ3) is 4.37. The van der Waals surface area contributed by atoms with Crippen LogP contribution in [0, 0.1) is 0 Å². The Balaban J connectivity index is 2.08. The fourth-order valence-electron chi connectivity index (χ4n) is 3.14. The summed E-state index contributed by atoms with van der Waals surface area (Å²) in [5.41, 5.74) is 1.39. The Morgan fingerprint density at radius 2 is 1.53 bits per heavy atom. The van der Waals surface area contributed by atoms with Crippen LogP contribution < -0.4 is 0 Å². The maximum absolute atomic E-state index is 5.98. The van der Waals surface area contributed by atoms with Crippen molar-refractivity contribution in [3.8, 4) is 0 Å². The Labute approximate surface area is 126 Å². The molecule has 0 unspecified atom stereocenters. The van der Waals surface area contributed by atoms with E-state index in [0.717, 1.165) is 31.1 Å². The number of likely N-dealkylation sites (tertiary alicyclic amines) is 1. The molecule has 0 saturated carbocycles. The number of benzene rings is 1. The standard InChI is InChI=1S/C16H23Cl2N/c17-11-9-15-7-4-8-16(10-12-18)19(15)13-14-5-2-1-3-6-14/h1-3,5-6,15-16H,4,7-13H2/t15-,16-/m0/s1. The smallest absolute Gasteiger partial charge is 0.0239 e. The summed E-state index contributed by atoms with van der Waals surface area (Å²) >= 11 is 12.0. The van der Waals surface area contributed by atoms with Gasteiger partial charge in [0.25, 0.3) is 0 Å². The predicted octanol–water partition coefficient (Wildman–Crippen LogP) is 4.67. The molecule has 1 aliphatic rings. The molecule has 1 nitrogen and oxygen atoms in total. The average molecular weight is 300 g/mol. The topological polar surface area (TPSA) is 3.24 Å². The van der Waals surface area contributed by atoms with Crippen molar-refractivity contribution in [1.29, 1.82) is 0 Å². The van der Waals surface area contributed by atoms with E-state index in [1.54, 1.807) is 0 Å². The summed E-state index contributed by atoms with van der Waals surface area (Å²) < 4.78 is 0. The highest BCUT2D eigenvalue weighted by molar-refractivity contribution is 6.18. The zero-order valence-corrected chi connectivity index (χ0v) is 12.9. The van der Waals surface area contributed by atoms with Crippen LogP contribution in [0.1, 0.15) is 37.7 Å². The molecular formula is C16H23Cl2N. The molecule has 0 amide bonds. The molecule has 3 heteroatoms. The molecule has 0 aromatic heterocycles. The minimum Gasteiger partial charge on any atom is -0.293 e. The molecule has 0 spiro atoms. The van der Waals surface area contributed by atoms with Crippen LogP contribution >= 0.6 is 23.2 Å². The lowest BCUT2D eigenvalue weighted by Crippen LogP contribution is -2.46. The number of alkyl halides is 2. The van der Waals surface area contributed by atoms with Gasteiger partial charge in [-0.1, -0.05) is 36.8 Å². The van der Waals surface area contributed by atoms with Gasteiger partial charge in [-0.2, -0.15) is 0 Å². The normalized spacial score (nSPS) is 24.5. The van der Waals surface area contributed by atoms with Crippen LogP contribution in [0.3, 0.4) is 0 Å². The fourth-order valence-corrected chi connectivity index (χ4v) is 3.65. The predicted molar refractivity (Wildman–Crippen MR) is 84.1 cm³/mol. The summed E-state index contributed by atoms with van der Waals surface area (Å²) in [5, 5.41) is 0. The van der Waals surface area contributed by atoms with Crippen LogP contribution in [0.25, 0.3) is 0 Å². The second kappa shape index (κ2) is 8.14. The number of rotatable bonds is 6. The SMILES string of the molecule is ClCC[C@@H]1CCC[C@@H](CCCl)N1Cc1ccccc1. The number of halogens is 2. The van der Waals surface area contributed by atoms with Crippen LogP contribution in [0.4, 0.5) is 0 Å². The summed E-state index contributed by atoms with van der Waals surface area (Å²) in [4.78, 5) is 2.64. The number of piperidine rings is 1. The Kier molecular flexibility index (Phi) is 6.49. The number of hydrogen-bond donors (Lipinski definition) is 0. The summed E-state index contributed by atoms with van der Waals surface area (Å²) in [6, 6.07) is 12.0. The molecule has 2 rings (SSSR count). The third-order valence-electron chi connectivity index (χ3n) is 4.11. The van der Waals surface area contributed by atoms with E-state index in [1.807, 2.05) is 0 Å². The second-order valence-corrected chi connectivity index (χ2v) is 6.11. The van der Waals surface area contributed by atoms with E-state index in [-0.39, 0.29) is 0 Å². The Bertz CT molecular complexity index is 337. The van der Waals surface area contributed by atoms with Gasteiger partial charge in [0.2, 0.25) is 0 Å². The summed E-state index contributed by atoms with van der Waals surface area (Å²) in [6.07, 6.45) is 6.05. The molecule has 0 N–H and O–H groups in total. The molecule has 0 bridgehead atoms. The summed E-state index contributed by atoms with van der Waals surface area (Å²) in [6.45, 7) is 1.03. The van der Waals surface area contributed by atoms with Crippen molar-refractivity contribution in [2.75, 3.05) is 11.8 Å². The van der Waals surface area contributed by atoms with Crippen molar-refractivity contribution in [3.05, 3.63) is 35.9 Å². The first-order chi connectivity index (χ1) is 9.35. The van der Waals surface area contributed by atoms with E-state index in [4.69, 9.17) is 23.2 Å². The fraction of sp³-hybridized carbons (Fsp3) is 0.625. The van der Waals surface area contributed by atoms with Gasteiger partial charge >= 0.3 is 0 Å². The van der Waals surface area contributed by atoms with Crippen LogP contribution in [0.15, 0.2) is 30.3 Å². The highest BCUT2D eigenvalue weighted by Gasteiger charge is 2.29. The molecule has 1 saturated heterocycles. The Morgan fingerprint density at radius 1 is 0.947 bits per heavy atom. The quantitative estimate of drug-likeness (QED) is 0.690. The van der Waals surface area contributed by atoms with Gasteiger partial charge in [0.15, 0.2) is 0 Å². The highest BCUT2D eigenvalue weighted by Crippen LogP contribution is 2.29. The van der Waals surface area contributed by atoms with Crippen molar-refractivity contribution in [3.63, 3.8) is 0 Å². The van der Waals surface area contributed by atoms with Crippen molar-refractivity contribution in [2.24, 2.45) is 0 Å². The Morgan fingerprint density at radius 3 is 2.05 bits per heavy atom. The van der Waals surface area contributed by atoms with Crippen LogP contribution in [0.5, 0.6) is 0 Å². The van der Waals surface area contributed by atoms with E-state index in [9.17, 15) is 0 Å². The molecule has 1 aliphatic heterocycles. The Hall–Kier alpha value is -0.240. The molecule has 1 aromatic carbocycles. The minimum atomic E-state index is 0.625. The zero-order chi connectivity index (χ0) is 13.5. The van der Waals surface area contributed by atoms with Crippen molar-refractivity contribution in [1.82, 2.24) is 4.90 Å². The minimum absolute atomic E-state index is 0.625. The first-order valence-corrected chi connectivity index (χ1v) is 8.33. The highest BCUT2D eigenvalue weighted by atomic mass is 35.5. The molecule has 106 valence electrons. The number of hydrogen-bond acceptors (Lipinski definition) is 1.